The topological polar surface area (TPSA) is 52.6 Å². The number of nitrogens with zero attached hydrogens (tertiary/aromatic N) is 3. The summed E-state index contributed by atoms with van der Waals surface area (Å²) in [5.74, 6) is 1.51. The molecule has 1 fully saturated rings. The van der Waals surface area contributed by atoms with Gasteiger partial charge in [-0.15, -0.1) is 11.3 Å². The fourth-order valence-electron chi connectivity index (χ4n) is 3.46. The predicted octanol–water partition coefficient (Wildman–Crippen LogP) is 3.15. The fourth-order valence-corrected chi connectivity index (χ4v) is 4.33. The van der Waals surface area contributed by atoms with E-state index in [2.05, 4.69) is 62.1 Å². The molecule has 0 aromatic carbocycles. The molecule has 6 heteroatoms. The van der Waals surface area contributed by atoms with Crippen LogP contribution in [0.15, 0.2) is 46.9 Å². The van der Waals surface area contributed by atoms with Gasteiger partial charge < -0.3 is 10.6 Å². The fraction of sp³-hybridized carbons (Fsp3) is 0.524. The predicted molar refractivity (Wildman–Crippen MR) is 114 cm³/mol. The second kappa shape index (κ2) is 10.4. The smallest absolute Gasteiger partial charge is 0.191 e. The largest absolute Gasteiger partial charge is 0.356 e. The molecule has 0 radical (unpaired) electrons. The van der Waals surface area contributed by atoms with Gasteiger partial charge in [0.05, 0.1) is 5.69 Å². The number of hydrogen-bond donors (Lipinski definition) is 2. The summed E-state index contributed by atoms with van der Waals surface area (Å²) in [6.45, 7) is 6.37. The average Bonchev–Trinajstić information content (AvgIpc) is 3.20. The van der Waals surface area contributed by atoms with E-state index in [9.17, 15) is 0 Å². The van der Waals surface area contributed by atoms with E-state index >= 15 is 0 Å². The van der Waals surface area contributed by atoms with Gasteiger partial charge in [-0.25, -0.2) is 0 Å². The van der Waals surface area contributed by atoms with Crippen LogP contribution in [-0.4, -0.2) is 48.6 Å². The Labute approximate surface area is 166 Å². The van der Waals surface area contributed by atoms with E-state index in [0.717, 1.165) is 57.1 Å². The van der Waals surface area contributed by atoms with Crippen molar-refractivity contribution < 1.29 is 0 Å². The Bertz CT molecular complexity index is 678. The Kier molecular flexibility index (Phi) is 7.66. The molecule has 2 aromatic rings. The van der Waals surface area contributed by atoms with Crippen LogP contribution in [0.5, 0.6) is 0 Å². The van der Waals surface area contributed by atoms with Crippen molar-refractivity contribution in [3.8, 4) is 0 Å². The summed E-state index contributed by atoms with van der Waals surface area (Å²) in [6, 6.07) is 11.0. The molecule has 27 heavy (non-hydrogen) atoms. The van der Waals surface area contributed by atoms with Crippen molar-refractivity contribution in [2.24, 2.45) is 10.9 Å². The number of likely N-dealkylation sites (tertiary alicyclic amines) is 1. The Morgan fingerprint density at radius 2 is 2.15 bits per heavy atom. The van der Waals surface area contributed by atoms with E-state index in [1.165, 1.54) is 4.88 Å². The molecule has 0 aliphatic carbocycles. The Hall–Kier alpha value is -1.92. The maximum Gasteiger partial charge on any atom is 0.191 e. The van der Waals surface area contributed by atoms with E-state index < -0.39 is 0 Å². The molecule has 2 aromatic heterocycles. The second-order valence-electron chi connectivity index (χ2n) is 7.36. The molecular weight excluding hydrogens is 354 g/mol. The van der Waals surface area contributed by atoms with Crippen molar-refractivity contribution >= 4 is 17.3 Å². The molecule has 1 atom stereocenters. The summed E-state index contributed by atoms with van der Waals surface area (Å²) in [4.78, 5) is 12.8. The minimum atomic E-state index is 0.490. The first-order valence-corrected chi connectivity index (χ1v) is 10.7. The number of aromatic nitrogens is 1. The van der Waals surface area contributed by atoms with Gasteiger partial charge in [-0.3, -0.25) is 14.9 Å². The first-order chi connectivity index (χ1) is 13.2. The highest BCUT2D eigenvalue weighted by Crippen LogP contribution is 2.14. The zero-order valence-electron chi connectivity index (χ0n) is 16.4. The number of guanidine groups is 1. The highest BCUT2D eigenvalue weighted by molar-refractivity contribution is 7.09. The lowest BCUT2D eigenvalue weighted by Gasteiger charge is -2.33. The molecule has 1 aliphatic rings. The highest BCUT2D eigenvalue weighted by Gasteiger charge is 2.20. The third-order valence-electron chi connectivity index (χ3n) is 5.01. The van der Waals surface area contributed by atoms with E-state index in [0.29, 0.717) is 12.0 Å². The summed E-state index contributed by atoms with van der Waals surface area (Å²) < 4.78 is 0. The summed E-state index contributed by atoms with van der Waals surface area (Å²) in [6.07, 6.45) is 5.27. The third kappa shape index (κ3) is 6.63. The molecule has 0 bridgehead atoms. The molecule has 3 heterocycles. The van der Waals surface area contributed by atoms with Gasteiger partial charge in [0.2, 0.25) is 0 Å². The molecule has 1 aliphatic heterocycles. The molecular formula is C21H31N5S. The number of pyridine rings is 1. The molecule has 0 saturated carbocycles. The monoisotopic (exact) mass is 385 g/mol. The zero-order chi connectivity index (χ0) is 18.9. The minimum Gasteiger partial charge on any atom is -0.356 e. The normalized spacial score (nSPS) is 17.6. The van der Waals surface area contributed by atoms with Crippen LogP contribution in [0.1, 0.15) is 30.3 Å². The van der Waals surface area contributed by atoms with Crippen LogP contribution in [0.25, 0.3) is 0 Å². The molecule has 0 amide bonds. The lowest BCUT2D eigenvalue weighted by Crippen LogP contribution is -2.49. The van der Waals surface area contributed by atoms with Gasteiger partial charge in [-0.1, -0.05) is 19.1 Å². The average molecular weight is 386 g/mol. The number of nitrogens with one attached hydrogen (secondary N) is 2. The van der Waals surface area contributed by atoms with Crippen molar-refractivity contribution in [2.45, 2.75) is 38.8 Å². The summed E-state index contributed by atoms with van der Waals surface area (Å²) in [5.41, 5.74) is 1.15. The van der Waals surface area contributed by atoms with Crippen LogP contribution < -0.4 is 10.6 Å². The summed E-state index contributed by atoms with van der Waals surface area (Å²) in [7, 11) is 1.86. The molecule has 3 rings (SSSR count). The Morgan fingerprint density at radius 3 is 2.81 bits per heavy atom. The molecule has 1 saturated heterocycles. The molecule has 0 spiro atoms. The van der Waals surface area contributed by atoms with Crippen LogP contribution in [0.3, 0.4) is 0 Å². The van der Waals surface area contributed by atoms with E-state index in [1.807, 2.05) is 30.6 Å². The van der Waals surface area contributed by atoms with E-state index in [-0.39, 0.29) is 0 Å². The van der Waals surface area contributed by atoms with Crippen molar-refractivity contribution in [3.63, 3.8) is 0 Å². The molecule has 2 N–H and O–H groups in total. The minimum absolute atomic E-state index is 0.490. The van der Waals surface area contributed by atoms with Gasteiger partial charge in [0, 0.05) is 50.3 Å². The first-order valence-electron chi connectivity index (χ1n) is 9.84. The van der Waals surface area contributed by atoms with Gasteiger partial charge in [-0.2, -0.15) is 0 Å². The quantitative estimate of drug-likeness (QED) is 0.568. The summed E-state index contributed by atoms with van der Waals surface area (Å²) in [5, 5.41) is 9.25. The molecule has 5 nitrogen and oxygen atoms in total. The van der Waals surface area contributed by atoms with Crippen LogP contribution in [-0.2, 0) is 13.0 Å². The van der Waals surface area contributed by atoms with Crippen LogP contribution >= 0.6 is 11.3 Å². The Morgan fingerprint density at radius 1 is 1.30 bits per heavy atom. The zero-order valence-corrected chi connectivity index (χ0v) is 17.2. The van der Waals surface area contributed by atoms with Gasteiger partial charge in [-0.05, 0) is 48.8 Å². The highest BCUT2D eigenvalue weighted by atomic mass is 32.1. The van der Waals surface area contributed by atoms with Crippen LogP contribution in [0.4, 0.5) is 0 Å². The van der Waals surface area contributed by atoms with Crippen molar-refractivity contribution in [1.82, 2.24) is 20.5 Å². The Balaban J connectivity index is 1.36. The van der Waals surface area contributed by atoms with Crippen molar-refractivity contribution in [1.29, 1.82) is 0 Å². The van der Waals surface area contributed by atoms with Crippen molar-refractivity contribution in [2.75, 3.05) is 26.7 Å². The van der Waals surface area contributed by atoms with Crippen LogP contribution in [0.2, 0.25) is 0 Å². The maximum atomic E-state index is 4.44. The van der Waals surface area contributed by atoms with E-state index in [1.54, 1.807) is 0 Å². The number of aliphatic imine (C=N–C) groups is 1. The lowest BCUT2D eigenvalue weighted by molar-refractivity contribution is 0.196. The van der Waals surface area contributed by atoms with Gasteiger partial charge >= 0.3 is 0 Å². The van der Waals surface area contributed by atoms with Crippen molar-refractivity contribution in [3.05, 3.63) is 52.5 Å². The number of piperidine rings is 1. The maximum absolute atomic E-state index is 4.44. The molecule has 146 valence electrons. The molecule has 1 unspecified atom stereocenters. The first kappa shape index (κ1) is 19.8. The van der Waals surface area contributed by atoms with Gasteiger partial charge in [0.15, 0.2) is 5.96 Å². The lowest BCUT2D eigenvalue weighted by atomic mass is 10.0. The number of rotatable bonds is 7. The van der Waals surface area contributed by atoms with E-state index in [4.69, 9.17) is 0 Å². The third-order valence-corrected chi connectivity index (χ3v) is 5.91. The second-order valence-corrected chi connectivity index (χ2v) is 8.39. The van der Waals surface area contributed by atoms with Gasteiger partial charge in [0.1, 0.15) is 0 Å². The van der Waals surface area contributed by atoms with Crippen LogP contribution in [0, 0.1) is 5.92 Å². The number of thiophene rings is 1. The van der Waals surface area contributed by atoms with Gasteiger partial charge in [0.25, 0.3) is 0 Å². The standard InChI is InChI=1S/C21H31N5S/c1-17(14-20-7-5-13-27-20)15-24-21(22-2)25-18-8-11-26(12-9-18)16-19-6-3-4-10-23-19/h3-7,10,13,17-18H,8-9,11-12,14-16H2,1-2H3,(H2,22,24,25). The SMILES string of the molecule is CN=C(NCC(C)Cc1cccs1)NC1CCN(Cc2ccccn2)CC1. The summed E-state index contributed by atoms with van der Waals surface area (Å²) >= 11 is 1.84. The number of hydrogen-bond acceptors (Lipinski definition) is 4.